The lowest BCUT2D eigenvalue weighted by atomic mass is 10.1. The Kier molecular flexibility index (Phi) is 7.26. The van der Waals surface area contributed by atoms with E-state index in [1.165, 1.54) is 23.5 Å². The molecule has 5 aromatic rings. The van der Waals surface area contributed by atoms with Gasteiger partial charge in [0.15, 0.2) is 0 Å². The van der Waals surface area contributed by atoms with E-state index in [1.54, 1.807) is 43.5 Å². The molecule has 0 atom stereocenters. The van der Waals surface area contributed by atoms with Crippen LogP contribution in [0.15, 0.2) is 91.0 Å². The number of rotatable bonds is 8. The van der Waals surface area contributed by atoms with Gasteiger partial charge in [-0.2, -0.15) is 0 Å². The van der Waals surface area contributed by atoms with E-state index < -0.39 is 7.82 Å². The molecule has 0 saturated heterocycles. The van der Waals surface area contributed by atoms with E-state index in [2.05, 4.69) is 9.84 Å². The first-order valence-electron chi connectivity index (χ1n) is 11.6. The highest BCUT2D eigenvalue weighted by atomic mass is 32.1. The fourth-order valence-electron chi connectivity index (χ4n) is 4.03. The van der Waals surface area contributed by atoms with Gasteiger partial charge >= 0.3 is 7.82 Å². The Morgan fingerprint density at radius 2 is 1.61 bits per heavy atom. The fourth-order valence-corrected chi connectivity index (χ4v) is 5.56. The molecule has 0 bridgehead atoms. The summed E-state index contributed by atoms with van der Waals surface area (Å²) in [6.07, 6.45) is 0.393. The summed E-state index contributed by atoms with van der Waals surface area (Å²) in [7, 11) is -3.07. The minimum absolute atomic E-state index is 0.0558. The summed E-state index contributed by atoms with van der Waals surface area (Å²) >= 11 is 1.43. The van der Waals surface area contributed by atoms with Gasteiger partial charge in [0.25, 0.3) is 5.91 Å². The van der Waals surface area contributed by atoms with Crippen molar-refractivity contribution in [3.63, 3.8) is 0 Å². The van der Waals surface area contributed by atoms with Crippen LogP contribution < -0.4 is 14.6 Å². The van der Waals surface area contributed by atoms with Gasteiger partial charge in [-0.3, -0.25) is 14.6 Å². The van der Waals surface area contributed by atoms with Crippen molar-refractivity contribution in [2.75, 3.05) is 12.4 Å². The third-order valence-corrected chi connectivity index (χ3v) is 7.33. The highest BCUT2D eigenvalue weighted by Crippen LogP contribution is 2.38. The van der Waals surface area contributed by atoms with Crippen molar-refractivity contribution in [1.29, 1.82) is 0 Å². The SMILES string of the molecule is COc1ccc(NC(=O)c2nc(-c3cccc4ccccc34)sc2Cc2ccc(OP(=O)(O)O)cc2)cc1. The summed E-state index contributed by atoms with van der Waals surface area (Å²) in [4.78, 5) is 37.0. The lowest BCUT2D eigenvalue weighted by Gasteiger charge is -2.08. The molecule has 8 nitrogen and oxygen atoms in total. The smallest absolute Gasteiger partial charge is 0.497 e. The molecule has 0 spiro atoms. The molecular formula is C28H23N2O6PS. The molecule has 10 heteroatoms. The van der Waals surface area contributed by atoms with Crippen molar-refractivity contribution in [1.82, 2.24) is 4.98 Å². The quantitative estimate of drug-likeness (QED) is 0.196. The molecule has 1 amide bonds. The number of fused-ring (bicyclic) bond motifs is 1. The predicted octanol–water partition coefficient (Wildman–Crippen LogP) is 6.29. The largest absolute Gasteiger partial charge is 0.524 e. The molecule has 0 fully saturated rings. The predicted molar refractivity (Wildman–Crippen MR) is 148 cm³/mol. The summed E-state index contributed by atoms with van der Waals surface area (Å²) in [6, 6.07) is 27.4. The number of anilines is 1. The number of nitrogens with one attached hydrogen (secondary N) is 1. The summed E-state index contributed by atoms with van der Waals surface area (Å²) in [6.45, 7) is 0. The lowest BCUT2D eigenvalue weighted by molar-refractivity contribution is 0.102. The number of hydrogen-bond acceptors (Lipinski definition) is 6. The number of benzene rings is 4. The number of phosphoric acid groups is 1. The number of ether oxygens (including phenoxy) is 1. The standard InChI is InChI=1S/C28H23N2O6PS/c1-35-21-15-11-20(12-16-21)29-27(31)26-25(17-18-9-13-22(14-10-18)36-37(32,33)34)38-28(30-26)24-8-4-6-19-5-2-3-7-23(19)24/h2-16H,17H2,1H3,(H,29,31)(H2,32,33,34). The highest BCUT2D eigenvalue weighted by molar-refractivity contribution is 7.46. The molecule has 0 unspecified atom stereocenters. The second kappa shape index (κ2) is 10.8. The number of carbonyl (C=O) groups excluding carboxylic acids is 1. The third-order valence-electron chi connectivity index (χ3n) is 5.79. The Balaban J connectivity index is 1.50. The average molecular weight is 547 g/mol. The lowest BCUT2D eigenvalue weighted by Crippen LogP contribution is -2.14. The Labute approximate surface area is 222 Å². The third kappa shape index (κ3) is 5.93. The van der Waals surface area contributed by atoms with Gasteiger partial charge in [0.05, 0.1) is 7.11 Å². The second-order valence-corrected chi connectivity index (χ2v) is 10.7. The van der Waals surface area contributed by atoms with Crippen molar-refractivity contribution in [3.05, 3.63) is 107 Å². The topological polar surface area (TPSA) is 118 Å². The maximum Gasteiger partial charge on any atom is 0.524 e. The van der Waals surface area contributed by atoms with Gasteiger partial charge in [-0.05, 0) is 52.7 Å². The van der Waals surface area contributed by atoms with Crippen LogP contribution in [0.2, 0.25) is 0 Å². The molecule has 192 valence electrons. The summed E-state index contributed by atoms with van der Waals surface area (Å²) < 4.78 is 21.0. The van der Waals surface area contributed by atoms with E-state index in [0.29, 0.717) is 23.6 Å². The monoisotopic (exact) mass is 546 g/mol. The number of thiazole rings is 1. The Hall–Kier alpha value is -4.01. The zero-order valence-corrected chi connectivity index (χ0v) is 21.9. The summed E-state index contributed by atoms with van der Waals surface area (Å²) in [5, 5.41) is 5.75. The maximum atomic E-state index is 13.4. The number of hydrogen-bond donors (Lipinski definition) is 3. The van der Waals surface area contributed by atoms with Crippen molar-refractivity contribution in [2.45, 2.75) is 6.42 Å². The van der Waals surface area contributed by atoms with Gasteiger partial charge in [0.1, 0.15) is 22.2 Å². The average Bonchev–Trinajstić information content (AvgIpc) is 3.33. The van der Waals surface area contributed by atoms with Crippen LogP contribution in [0, 0.1) is 0 Å². The van der Waals surface area contributed by atoms with Crippen molar-refractivity contribution in [3.8, 4) is 22.1 Å². The minimum atomic E-state index is -4.65. The van der Waals surface area contributed by atoms with E-state index in [9.17, 15) is 9.36 Å². The number of methoxy groups -OCH3 is 1. The molecule has 1 heterocycles. The zero-order chi connectivity index (χ0) is 26.7. The van der Waals surface area contributed by atoms with Crippen LogP contribution in [0.4, 0.5) is 5.69 Å². The van der Waals surface area contributed by atoms with Crippen molar-refractivity contribution < 1.29 is 28.4 Å². The first kappa shape index (κ1) is 25.6. The molecule has 0 saturated carbocycles. The van der Waals surface area contributed by atoms with Gasteiger partial charge in [-0.15, -0.1) is 11.3 Å². The van der Waals surface area contributed by atoms with Gasteiger partial charge in [0, 0.05) is 22.5 Å². The van der Waals surface area contributed by atoms with Crippen LogP contribution >= 0.6 is 19.2 Å². The van der Waals surface area contributed by atoms with E-state index in [1.807, 2.05) is 42.5 Å². The Bertz CT molecular complexity index is 1640. The number of phosphoric ester groups is 1. The molecular weight excluding hydrogens is 523 g/mol. The van der Waals surface area contributed by atoms with Crippen molar-refractivity contribution in [2.24, 2.45) is 0 Å². The van der Waals surface area contributed by atoms with Gasteiger partial charge in [-0.25, -0.2) is 9.55 Å². The van der Waals surface area contributed by atoms with Gasteiger partial charge < -0.3 is 14.6 Å². The normalized spacial score (nSPS) is 11.3. The molecule has 38 heavy (non-hydrogen) atoms. The van der Waals surface area contributed by atoms with E-state index in [0.717, 1.165) is 31.8 Å². The van der Waals surface area contributed by atoms with Crippen LogP contribution in [0.5, 0.6) is 11.5 Å². The first-order chi connectivity index (χ1) is 18.3. The molecule has 0 aliphatic heterocycles. The van der Waals surface area contributed by atoms with Gasteiger partial charge in [-0.1, -0.05) is 54.6 Å². The maximum absolute atomic E-state index is 13.4. The number of aromatic nitrogens is 1. The number of nitrogens with zero attached hydrogens (tertiary/aromatic N) is 1. The fraction of sp³-hybridized carbons (Fsp3) is 0.0714. The molecule has 0 aliphatic carbocycles. The second-order valence-electron chi connectivity index (χ2n) is 8.40. The zero-order valence-electron chi connectivity index (χ0n) is 20.2. The molecule has 4 aromatic carbocycles. The summed E-state index contributed by atoms with van der Waals surface area (Å²) in [5.74, 6) is 0.399. The molecule has 5 rings (SSSR count). The van der Waals surface area contributed by atoms with Crippen molar-refractivity contribution >= 4 is 41.5 Å². The van der Waals surface area contributed by atoms with Gasteiger partial charge in [0.2, 0.25) is 0 Å². The Morgan fingerprint density at radius 1 is 0.921 bits per heavy atom. The highest BCUT2D eigenvalue weighted by Gasteiger charge is 2.21. The summed E-state index contributed by atoms with van der Waals surface area (Å²) in [5.41, 5.74) is 2.68. The molecule has 0 radical (unpaired) electrons. The first-order valence-corrected chi connectivity index (χ1v) is 13.9. The number of amides is 1. The van der Waals surface area contributed by atoms with E-state index in [4.69, 9.17) is 19.5 Å². The van der Waals surface area contributed by atoms with Crippen LogP contribution in [-0.4, -0.2) is 27.8 Å². The van der Waals surface area contributed by atoms with Crippen LogP contribution in [0.25, 0.3) is 21.3 Å². The Morgan fingerprint density at radius 3 is 2.32 bits per heavy atom. The van der Waals surface area contributed by atoms with Crippen LogP contribution in [0.1, 0.15) is 20.9 Å². The van der Waals surface area contributed by atoms with E-state index >= 15 is 0 Å². The molecule has 1 aromatic heterocycles. The minimum Gasteiger partial charge on any atom is -0.497 e. The van der Waals surface area contributed by atoms with E-state index in [-0.39, 0.29) is 11.7 Å². The molecule has 0 aliphatic rings. The van der Waals surface area contributed by atoms with Crippen LogP contribution in [0.3, 0.4) is 0 Å². The van der Waals surface area contributed by atoms with Crippen LogP contribution in [-0.2, 0) is 11.0 Å². The molecule has 3 N–H and O–H groups in total. The number of carbonyl (C=O) groups is 1.